The molecule has 156 valence electrons. The number of rotatable bonds is 6. The van der Waals surface area contributed by atoms with Crippen molar-refractivity contribution in [1.82, 2.24) is 15.3 Å². The van der Waals surface area contributed by atoms with Crippen molar-refractivity contribution in [2.24, 2.45) is 12.1 Å². The fraction of sp³-hybridized carbons (Fsp3) is 0.0870. The first kappa shape index (κ1) is 20.0. The topological polar surface area (TPSA) is 94.0 Å². The fourth-order valence-electron chi connectivity index (χ4n) is 2.94. The van der Waals surface area contributed by atoms with Gasteiger partial charge in [0.1, 0.15) is 5.70 Å². The molecule has 4 rings (SSSR count). The molecular weight excluding hydrogens is 396 g/mol. The van der Waals surface area contributed by atoms with Gasteiger partial charge in [-0.2, -0.15) is 5.10 Å². The monoisotopic (exact) mass is 416 g/mol. The minimum atomic E-state index is -0.563. The third-order valence-corrected chi connectivity index (χ3v) is 4.58. The van der Waals surface area contributed by atoms with Gasteiger partial charge in [-0.25, -0.2) is 5.43 Å². The molecule has 0 unspecified atom stereocenters. The molecule has 0 radical (unpaired) electrons. The summed E-state index contributed by atoms with van der Waals surface area (Å²) < 4.78 is 12.6. The summed E-state index contributed by atoms with van der Waals surface area (Å²) in [6, 6.07) is 17.6. The average molecular weight is 416 g/mol. The van der Waals surface area contributed by atoms with Crippen molar-refractivity contribution in [3.63, 3.8) is 0 Å². The van der Waals surface area contributed by atoms with Crippen LogP contribution in [-0.2, 0) is 11.8 Å². The summed E-state index contributed by atoms with van der Waals surface area (Å²) >= 11 is 0. The van der Waals surface area contributed by atoms with Gasteiger partial charge in [-0.05, 0) is 48.0 Å². The van der Waals surface area contributed by atoms with Crippen LogP contribution in [0.5, 0.6) is 11.5 Å². The first-order valence-corrected chi connectivity index (χ1v) is 9.52. The van der Waals surface area contributed by atoms with E-state index in [0.29, 0.717) is 22.6 Å². The Morgan fingerprint density at radius 3 is 2.61 bits per heavy atom. The summed E-state index contributed by atoms with van der Waals surface area (Å²) in [6.45, 7) is 0.147. The molecule has 1 aliphatic rings. The lowest BCUT2D eigenvalue weighted by Gasteiger charge is -2.09. The molecule has 0 atom stereocenters. The lowest BCUT2D eigenvalue weighted by Crippen LogP contribution is -2.32. The third kappa shape index (κ3) is 4.81. The van der Waals surface area contributed by atoms with Gasteiger partial charge >= 0.3 is 0 Å². The zero-order chi connectivity index (χ0) is 21.6. The van der Waals surface area contributed by atoms with Crippen LogP contribution in [0.1, 0.15) is 21.6 Å². The molecule has 0 spiro atoms. The van der Waals surface area contributed by atoms with Crippen LogP contribution in [0.2, 0.25) is 0 Å². The molecule has 2 aromatic carbocycles. The number of nitrogens with one attached hydrogen (secondary N) is 2. The Bertz CT molecular complexity index is 1170. The molecule has 2 amide bonds. The molecule has 1 aromatic heterocycles. The quantitative estimate of drug-likeness (QED) is 0.367. The molecule has 3 aromatic rings. The number of amides is 2. The number of hydrazone groups is 1. The number of fused-ring (bicyclic) bond motifs is 1. The maximum Gasteiger partial charge on any atom is 0.287 e. The molecular formula is C23H20N4O4. The van der Waals surface area contributed by atoms with Crippen LogP contribution in [0.3, 0.4) is 0 Å². The van der Waals surface area contributed by atoms with Crippen molar-refractivity contribution >= 4 is 24.1 Å². The third-order valence-electron chi connectivity index (χ3n) is 4.58. The van der Waals surface area contributed by atoms with Gasteiger partial charge < -0.3 is 19.4 Å². The second kappa shape index (κ2) is 9.00. The lowest BCUT2D eigenvalue weighted by molar-refractivity contribution is -0.117. The van der Waals surface area contributed by atoms with E-state index in [2.05, 4.69) is 15.8 Å². The zero-order valence-corrected chi connectivity index (χ0v) is 16.7. The highest BCUT2D eigenvalue weighted by atomic mass is 16.7. The molecule has 0 saturated heterocycles. The van der Waals surface area contributed by atoms with E-state index in [9.17, 15) is 9.59 Å². The van der Waals surface area contributed by atoms with Crippen molar-refractivity contribution in [3.05, 3.63) is 89.4 Å². The van der Waals surface area contributed by atoms with Gasteiger partial charge in [0.15, 0.2) is 11.5 Å². The van der Waals surface area contributed by atoms with Gasteiger partial charge in [0.2, 0.25) is 6.79 Å². The first-order valence-electron chi connectivity index (χ1n) is 9.52. The van der Waals surface area contributed by atoms with E-state index in [4.69, 9.17) is 9.47 Å². The van der Waals surface area contributed by atoms with Gasteiger partial charge in [-0.1, -0.05) is 24.3 Å². The maximum atomic E-state index is 12.8. The van der Waals surface area contributed by atoms with E-state index < -0.39 is 11.8 Å². The standard InChI is InChI=1S/C23H20N4O4/c1-27-11-5-8-18(27)14-24-26-23(29)19(25-22(28)17-6-3-2-4-7-17)12-16-9-10-20-21(13-16)31-15-30-20/h2-14H,15H2,1H3,(H,25,28)(H,26,29). The van der Waals surface area contributed by atoms with E-state index in [1.165, 1.54) is 6.21 Å². The minimum Gasteiger partial charge on any atom is -0.454 e. The summed E-state index contributed by atoms with van der Waals surface area (Å²) in [5, 5.41) is 6.66. The number of carbonyl (C=O) groups excluding carboxylic acids is 2. The molecule has 0 saturated carbocycles. The first-order chi connectivity index (χ1) is 15.1. The molecule has 2 heterocycles. The highest BCUT2D eigenvalue weighted by Crippen LogP contribution is 2.33. The summed E-state index contributed by atoms with van der Waals surface area (Å²) in [6.07, 6.45) is 4.94. The number of carbonyl (C=O) groups is 2. The van der Waals surface area contributed by atoms with E-state index in [1.807, 2.05) is 36.0 Å². The maximum absolute atomic E-state index is 12.8. The second-order valence-electron chi connectivity index (χ2n) is 6.73. The summed E-state index contributed by atoms with van der Waals surface area (Å²) in [5.41, 5.74) is 4.40. The predicted octanol–water partition coefficient (Wildman–Crippen LogP) is 2.68. The summed E-state index contributed by atoms with van der Waals surface area (Å²) in [7, 11) is 1.87. The molecule has 2 N–H and O–H groups in total. The number of nitrogens with zero attached hydrogens (tertiary/aromatic N) is 2. The number of benzene rings is 2. The van der Waals surface area contributed by atoms with Crippen molar-refractivity contribution in [2.45, 2.75) is 0 Å². The Kier molecular flexibility index (Phi) is 5.79. The lowest BCUT2D eigenvalue weighted by atomic mass is 10.1. The Hall–Kier alpha value is -4.33. The predicted molar refractivity (Wildman–Crippen MR) is 116 cm³/mol. The molecule has 0 aliphatic carbocycles. The molecule has 8 nitrogen and oxygen atoms in total. The van der Waals surface area contributed by atoms with Gasteiger partial charge in [0.05, 0.1) is 11.9 Å². The second-order valence-corrected chi connectivity index (χ2v) is 6.73. The van der Waals surface area contributed by atoms with Gasteiger partial charge in [-0.3, -0.25) is 9.59 Å². The van der Waals surface area contributed by atoms with Gasteiger partial charge in [0, 0.05) is 18.8 Å². The number of aromatic nitrogens is 1. The molecule has 1 aliphatic heterocycles. The zero-order valence-electron chi connectivity index (χ0n) is 16.7. The normalized spacial score (nSPS) is 12.7. The number of ether oxygens (including phenoxy) is 2. The van der Waals surface area contributed by atoms with Crippen LogP contribution in [0.4, 0.5) is 0 Å². The van der Waals surface area contributed by atoms with Gasteiger partial charge in [0.25, 0.3) is 11.8 Å². The Morgan fingerprint density at radius 1 is 1.03 bits per heavy atom. The average Bonchev–Trinajstić information content (AvgIpc) is 3.42. The number of hydrogen-bond acceptors (Lipinski definition) is 5. The van der Waals surface area contributed by atoms with E-state index in [0.717, 1.165) is 5.69 Å². The molecule has 8 heteroatoms. The fourth-order valence-corrected chi connectivity index (χ4v) is 2.94. The van der Waals surface area contributed by atoms with E-state index in [1.54, 1.807) is 48.5 Å². The van der Waals surface area contributed by atoms with Crippen LogP contribution in [0.25, 0.3) is 6.08 Å². The van der Waals surface area contributed by atoms with E-state index in [-0.39, 0.29) is 12.5 Å². The Morgan fingerprint density at radius 2 is 1.84 bits per heavy atom. The van der Waals surface area contributed by atoms with Crippen LogP contribution in [0.15, 0.2) is 77.7 Å². The van der Waals surface area contributed by atoms with Gasteiger partial charge in [-0.15, -0.1) is 0 Å². The Balaban J connectivity index is 1.57. The molecule has 0 bridgehead atoms. The highest BCUT2D eigenvalue weighted by molar-refractivity contribution is 6.05. The van der Waals surface area contributed by atoms with Crippen LogP contribution in [-0.4, -0.2) is 29.4 Å². The van der Waals surface area contributed by atoms with Crippen molar-refractivity contribution < 1.29 is 19.1 Å². The van der Waals surface area contributed by atoms with Crippen LogP contribution < -0.4 is 20.2 Å². The minimum absolute atomic E-state index is 0.0387. The van der Waals surface area contributed by atoms with Crippen molar-refractivity contribution in [3.8, 4) is 11.5 Å². The highest BCUT2D eigenvalue weighted by Gasteiger charge is 2.16. The summed E-state index contributed by atoms with van der Waals surface area (Å²) in [5.74, 6) is 0.231. The van der Waals surface area contributed by atoms with Crippen LogP contribution in [0, 0.1) is 0 Å². The summed E-state index contributed by atoms with van der Waals surface area (Å²) in [4.78, 5) is 25.4. The molecule has 0 fully saturated rings. The molecule has 31 heavy (non-hydrogen) atoms. The Labute approximate surface area is 178 Å². The smallest absolute Gasteiger partial charge is 0.287 e. The van der Waals surface area contributed by atoms with Crippen LogP contribution >= 0.6 is 0 Å². The van der Waals surface area contributed by atoms with Crippen molar-refractivity contribution in [2.75, 3.05) is 6.79 Å². The number of hydrogen-bond donors (Lipinski definition) is 2. The van der Waals surface area contributed by atoms with Crippen molar-refractivity contribution in [1.29, 1.82) is 0 Å². The van der Waals surface area contributed by atoms with E-state index >= 15 is 0 Å². The number of aryl methyl sites for hydroxylation is 1. The SMILES string of the molecule is Cn1cccc1C=NNC(=O)C(=Cc1ccc2c(c1)OCO2)NC(=O)c1ccccc1. The largest absolute Gasteiger partial charge is 0.454 e.